The fraction of sp³-hybridized carbons (Fsp3) is 0.385. The van der Waals surface area contributed by atoms with Crippen molar-refractivity contribution in [1.29, 1.82) is 0 Å². The third-order valence-corrected chi connectivity index (χ3v) is 3.72. The van der Waals surface area contributed by atoms with Crippen molar-refractivity contribution in [3.05, 3.63) is 34.9 Å². The van der Waals surface area contributed by atoms with Gasteiger partial charge in [0.25, 0.3) is 5.91 Å². The van der Waals surface area contributed by atoms with Gasteiger partial charge in [-0.05, 0) is 42.6 Å². The molecule has 1 aromatic carbocycles. The second kappa shape index (κ2) is 5.72. The molecule has 2 rings (SSSR count). The van der Waals surface area contributed by atoms with E-state index in [2.05, 4.69) is 0 Å². The van der Waals surface area contributed by atoms with Crippen LogP contribution in [0.2, 0.25) is 5.02 Å². The Bertz CT molecular complexity index is 468. The molecule has 96 valence electrons. The first-order valence-corrected chi connectivity index (χ1v) is 6.57. The lowest BCUT2D eigenvalue weighted by Gasteiger charge is -2.30. The van der Waals surface area contributed by atoms with Gasteiger partial charge in [0.05, 0.1) is 0 Å². The van der Waals surface area contributed by atoms with E-state index in [0.29, 0.717) is 36.5 Å². The largest absolute Gasteiger partial charge is 0.339 e. The first-order chi connectivity index (χ1) is 8.58. The van der Waals surface area contributed by atoms with E-state index in [4.69, 9.17) is 23.2 Å². The molecular formula is C13H13Cl2NO2. The number of piperidine rings is 1. The SMILES string of the molecule is O=C(Cl)C1CCN(C(=O)c2cccc(Cl)c2)CC1. The van der Waals surface area contributed by atoms with Crippen molar-refractivity contribution >= 4 is 34.4 Å². The summed E-state index contributed by atoms with van der Waals surface area (Å²) in [5.74, 6) is -0.159. The summed E-state index contributed by atoms with van der Waals surface area (Å²) in [5, 5.41) is 0.247. The molecule has 0 aliphatic carbocycles. The topological polar surface area (TPSA) is 37.4 Å². The van der Waals surface area contributed by atoms with Gasteiger partial charge in [0.2, 0.25) is 5.24 Å². The van der Waals surface area contributed by atoms with Crippen LogP contribution in [0.25, 0.3) is 0 Å². The van der Waals surface area contributed by atoms with Crippen molar-refractivity contribution in [2.45, 2.75) is 12.8 Å². The fourth-order valence-corrected chi connectivity index (χ4v) is 2.52. The molecule has 0 unspecified atom stereocenters. The van der Waals surface area contributed by atoms with Crippen LogP contribution in [0.5, 0.6) is 0 Å². The molecule has 1 aromatic rings. The molecule has 5 heteroatoms. The van der Waals surface area contributed by atoms with Crippen LogP contribution >= 0.6 is 23.2 Å². The molecule has 1 saturated heterocycles. The van der Waals surface area contributed by atoms with E-state index >= 15 is 0 Å². The molecule has 1 heterocycles. The summed E-state index contributed by atoms with van der Waals surface area (Å²) in [4.78, 5) is 25.0. The van der Waals surface area contributed by atoms with E-state index in [9.17, 15) is 9.59 Å². The maximum atomic E-state index is 12.2. The first-order valence-electron chi connectivity index (χ1n) is 5.82. The Balaban J connectivity index is 2.02. The molecule has 0 atom stereocenters. The van der Waals surface area contributed by atoms with Crippen LogP contribution in [0.3, 0.4) is 0 Å². The molecule has 0 radical (unpaired) electrons. The number of amides is 1. The molecule has 1 aliphatic rings. The van der Waals surface area contributed by atoms with E-state index in [1.165, 1.54) is 0 Å². The minimum absolute atomic E-state index is 0.0435. The number of hydrogen-bond acceptors (Lipinski definition) is 2. The minimum Gasteiger partial charge on any atom is -0.339 e. The van der Waals surface area contributed by atoms with Crippen LogP contribution in [-0.4, -0.2) is 29.1 Å². The van der Waals surface area contributed by atoms with Gasteiger partial charge in [-0.25, -0.2) is 0 Å². The summed E-state index contributed by atoms with van der Waals surface area (Å²) in [7, 11) is 0. The predicted octanol–water partition coefficient (Wildman–Crippen LogP) is 2.96. The van der Waals surface area contributed by atoms with Crippen LogP contribution in [0.1, 0.15) is 23.2 Å². The second-order valence-corrected chi connectivity index (χ2v) is 5.19. The van der Waals surface area contributed by atoms with E-state index in [-0.39, 0.29) is 17.1 Å². The van der Waals surface area contributed by atoms with Crippen molar-refractivity contribution in [1.82, 2.24) is 4.90 Å². The molecule has 3 nitrogen and oxygen atoms in total. The highest BCUT2D eigenvalue weighted by Crippen LogP contribution is 2.21. The Kier molecular flexibility index (Phi) is 4.25. The minimum atomic E-state index is -0.301. The number of benzene rings is 1. The van der Waals surface area contributed by atoms with Crippen molar-refractivity contribution < 1.29 is 9.59 Å². The van der Waals surface area contributed by atoms with Gasteiger partial charge < -0.3 is 4.90 Å². The summed E-state index contributed by atoms with van der Waals surface area (Å²) >= 11 is 11.3. The number of halogens is 2. The number of hydrogen-bond donors (Lipinski definition) is 0. The van der Waals surface area contributed by atoms with Crippen LogP contribution in [0.15, 0.2) is 24.3 Å². The Hall–Kier alpha value is -1.06. The van der Waals surface area contributed by atoms with Gasteiger partial charge in [-0.2, -0.15) is 0 Å². The molecule has 0 aromatic heterocycles. The maximum absolute atomic E-state index is 12.2. The van der Waals surface area contributed by atoms with Gasteiger partial charge in [0.15, 0.2) is 0 Å². The highest BCUT2D eigenvalue weighted by molar-refractivity contribution is 6.64. The second-order valence-electron chi connectivity index (χ2n) is 4.38. The number of carbonyl (C=O) groups is 2. The van der Waals surface area contributed by atoms with Crippen molar-refractivity contribution in [2.24, 2.45) is 5.92 Å². The fourth-order valence-electron chi connectivity index (χ4n) is 2.11. The van der Waals surface area contributed by atoms with Crippen molar-refractivity contribution in [3.8, 4) is 0 Å². The molecule has 1 aliphatic heterocycles. The molecule has 1 fully saturated rings. The molecule has 18 heavy (non-hydrogen) atoms. The average Bonchev–Trinajstić information content (AvgIpc) is 2.38. The van der Waals surface area contributed by atoms with Gasteiger partial charge in [-0.3, -0.25) is 9.59 Å². The molecule has 1 amide bonds. The summed E-state index contributed by atoms with van der Waals surface area (Å²) in [6.07, 6.45) is 1.27. The quantitative estimate of drug-likeness (QED) is 0.784. The van der Waals surface area contributed by atoms with Gasteiger partial charge in [0.1, 0.15) is 0 Å². The third-order valence-electron chi connectivity index (χ3n) is 3.17. The molecule has 0 bridgehead atoms. The van der Waals surface area contributed by atoms with Crippen molar-refractivity contribution in [3.63, 3.8) is 0 Å². The van der Waals surface area contributed by atoms with Crippen LogP contribution in [0, 0.1) is 5.92 Å². The van der Waals surface area contributed by atoms with E-state index in [1.54, 1.807) is 29.2 Å². The Morgan fingerprint density at radius 3 is 2.44 bits per heavy atom. The third kappa shape index (κ3) is 3.03. The zero-order valence-electron chi connectivity index (χ0n) is 9.73. The summed E-state index contributed by atoms with van der Waals surface area (Å²) in [5.41, 5.74) is 0.582. The highest BCUT2D eigenvalue weighted by atomic mass is 35.5. The van der Waals surface area contributed by atoms with Gasteiger partial charge in [0, 0.05) is 29.6 Å². The van der Waals surface area contributed by atoms with Crippen LogP contribution in [-0.2, 0) is 4.79 Å². The predicted molar refractivity (Wildman–Crippen MR) is 70.9 cm³/mol. The van der Waals surface area contributed by atoms with E-state index < -0.39 is 0 Å². The summed E-state index contributed by atoms with van der Waals surface area (Å²) < 4.78 is 0. The Labute approximate surface area is 116 Å². The van der Waals surface area contributed by atoms with Gasteiger partial charge in [-0.1, -0.05) is 17.7 Å². The van der Waals surface area contributed by atoms with Crippen molar-refractivity contribution in [2.75, 3.05) is 13.1 Å². The maximum Gasteiger partial charge on any atom is 0.253 e. The van der Waals surface area contributed by atoms with Crippen LogP contribution < -0.4 is 0 Å². The Morgan fingerprint density at radius 1 is 1.22 bits per heavy atom. The summed E-state index contributed by atoms with van der Waals surface area (Å²) in [6.45, 7) is 1.13. The molecule has 0 saturated carbocycles. The Morgan fingerprint density at radius 2 is 1.89 bits per heavy atom. The molecule has 0 N–H and O–H groups in total. The number of carbonyl (C=O) groups excluding carboxylic acids is 2. The normalized spacial score (nSPS) is 16.7. The lowest BCUT2D eigenvalue weighted by molar-refractivity contribution is -0.116. The van der Waals surface area contributed by atoms with Gasteiger partial charge >= 0.3 is 0 Å². The lowest BCUT2D eigenvalue weighted by atomic mass is 9.98. The smallest absolute Gasteiger partial charge is 0.253 e. The zero-order valence-corrected chi connectivity index (χ0v) is 11.2. The molecule has 0 spiro atoms. The molecular weight excluding hydrogens is 273 g/mol. The summed E-state index contributed by atoms with van der Waals surface area (Å²) in [6, 6.07) is 6.89. The van der Waals surface area contributed by atoms with E-state index in [1.807, 2.05) is 0 Å². The lowest BCUT2D eigenvalue weighted by Crippen LogP contribution is -2.39. The highest BCUT2D eigenvalue weighted by Gasteiger charge is 2.26. The number of likely N-dealkylation sites (tertiary alicyclic amines) is 1. The average molecular weight is 286 g/mol. The number of rotatable bonds is 2. The van der Waals surface area contributed by atoms with Crippen LogP contribution in [0.4, 0.5) is 0 Å². The van der Waals surface area contributed by atoms with Gasteiger partial charge in [-0.15, -0.1) is 0 Å². The monoisotopic (exact) mass is 285 g/mol. The standard InChI is InChI=1S/C13H13Cl2NO2/c14-11-3-1-2-10(8-11)13(18)16-6-4-9(5-7-16)12(15)17/h1-3,8-9H,4-7H2. The zero-order chi connectivity index (χ0) is 13.1. The first kappa shape index (κ1) is 13.4. The number of nitrogens with zero attached hydrogens (tertiary/aromatic N) is 1. The van der Waals surface area contributed by atoms with E-state index in [0.717, 1.165) is 0 Å².